The average Bonchev–Trinajstić information content (AvgIpc) is 3.24. The van der Waals surface area contributed by atoms with Gasteiger partial charge in [0.1, 0.15) is 5.82 Å². The Labute approximate surface area is 111 Å². The first kappa shape index (κ1) is 11.7. The van der Waals surface area contributed by atoms with Crippen LogP contribution >= 0.6 is 24.4 Å². The summed E-state index contributed by atoms with van der Waals surface area (Å²) in [5.74, 6) is 3.57. The molecule has 1 aromatic heterocycles. The fourth-order valence-corrected chi connectivity index (χ4v) is 3.07. The maximum absolute atomic E-state index is 4.39. The molecule has 3 nitrogen and oxygen atoms in total. The van der Waals surface area contributed by atoms with E-state index in [2.05, 4.69) is 34.0 Å². The van der Waals surface area contributed by atoms with Crippen molar-refractivity contribution in [1.29, 1.82) is 0 Å². The van der Waals surface area contributed by atoms with Gasteiger partial charge in [-0.25, -0.2) is 0 Å². The van der Waals surface area contributed by atoms with Gasteiger partial charge in [0.2, 0.25) is 0 Å². The molecule has 0 saturated heterocycles. The van der Waals surface area contributed by atoms with Gasteiger partial charge in [-0.1, -0.05) is 23.9 Å². The molecular formula is C12H17N3S2. The Hall–Kier alpha value is -0.420. The first-order chi connectivity index (χ1) is 8.29. The lowest BCUT2D eigenvalue weighted by atomic mass is 10.4. The summed E-state index contributed by atoms with van der Waals surface area (Å²) in [4.78, 5) is 0. The van der Waals surface area contributed by atoms with E-state index in [1.54, 1.807) is 11.8 Å². The second kappa shape index (κ2) is 4.69. The largest absolute Gasteiger partial charge is 0.303 e. The molecule has 2 fully saturated rings. The van der Waals surface area contributed by atoms with E-state index >= 15 is 0 Å². The maximum atomic E-state index is 4.39. The predicted molar refractivity (Wildman–Crippen MR) is 74.0 cm³/mol. The minimum absolute atomic E-state index is 0.673. The summed E-state index contributed by atoms with van der Waals surface area (Å²) < 4.78 is 2.38. The lowest BCUT2D eigenvalue weighted by Gasteiger charge is -2.08. The lowest BCUT2D eigenvalue weighted by Crippen LogP contribution is -2.02. The number of nitrogens with zero attached hydrogens (tertiary/aromatic N) is 3. The monoisotopic (exact) mass is 267 g/mol. The van der Waals surface area contributed by atoms with Crippen molar-refractivity contribution >= 4 is 24.4 Å². The number of thioether (sulfide) groups is 1. The molecule has 2 aliphatic carbocycles. The highest BCUT2D eigenvalue weighted by molar-refractivity contribution is 7.99. The molecule has 2 aliphatic rings. The van der Waals surface area contributed by atoms with E-state index in [0.29, 0.717) is 12.0 Å². The van der Waals surface area contributed by atoms with Crippen LogP contribution in [0.4, 0.5) is 0 Å². The molecule has 0 N–H and O–H groups in total. The molecule has 2 saturated carbocycles. The van der Waals surface area contributed by atoms with Crippen LogP contribution < -0.4 is 0 Å². The molecule has 17 heavy (non-hydrogen) atoms. The van der Waals surface area contributed by atoms with Crippen LogP contribution in [0.2, 0.25) is 0 Å². The van der Waals surface area contributed by atoms with Gasteiger partial charge in [-0.3, -0.25) is 0 Å². The molecular weight excluding hydrogens is 250 g/mol. The molecule has 0 atom stereocenters. The van der Waals surface area contributed by atoms with Crippen molar-refractivity contribution in [1.82, 2.24) is 14.8 Å². The van der Waals surface area contributed by atoms with Gasteiger partial charge in [-0.2, -0.15) is 12.6 Å². The van der Waals surface area contributed by atoms with E-state index in [9.17, 15) is 0 Å². The standard InChI is InChI=1S/C12H17N3S2/c1-8(6-16)7-17-12-14-13-11(9-2-3-9)15(12)10-4-5-10/h9-10,16H,1-7H2. The molecule has 0 spiro atoms. The van der Waals surface area contributed by atoms with Crippen LogP contribution in [0.25, 0.3) is 0 Å². The van der Waals surface area contributed by atoms with Crippen molar-refractivity contribution in [3.05, 3.63) is 18.0 Å². The normalized spacial score (nSPS) is 19.6. The first-order valence-electron chi connectivity index (χ1n) is 6.14. The van der Waals surface area contributed by atoms with Gasteiger partial charge in [-0.05, 0) is 25.7 Å². The van der Waals surface area contributed by atoms with Crippen molar-refractivity contribution < 1.29 is 0 Å². The summed E-state index contributed by atoms with van der Waals surface area (Å²) in [6.45, 7) is 3.98. The summed E-state index contributed by atoms with van der Waals surface area (Å²) in [7, 11) is 0. The Bertz CT molecular complexity index is 433. The number of rotatable bonds is 6. The fraction of sp³-hybridized carbons (Fsp3) is 0.667. The van der Waals surface area contributed by atoms with E-state index < -0.39 is 0 Å². The molecule has 0 aliphatic heterocycles. The van der Waals surface area contributed by atoms with Crippen LogP contribution in [0.1, 0.15) is 43.5 Å². The minimum atomic E-state index is 0.673. The summed E-state index contributed by atoms with van der Waals surface area (Å²) >= 11 is 5.99. The molecule has 0 aromatic carbocycles. The van der Waals surface area contributed by atoms with Crippen molar-refractivity contribution in [3.8, 4) is 0 Å². The van der Waals surface area contributed by atoms with E-state index in [4.69, 9.17) is 0 Å². The minimum Gasteiger partial charge on any atom is -0.303 e. The van der Waals surface area contributed by atoms with E-state index in [1.165, 1.54) is 31.5 Å². The third-order valence-electron chi connectivity index (χ3n) is 3.17. The van der Waals surface area contributed by atoms with Crippen LogP contribution in [0, 0.1) is 0 Å². The smallest absolute Gasteiger partial charge is 0.191 e. The molecule has 0 radical (unpaired) electrons. The number of hydrogen-bond acceptors (Lipinski definition) is 4. The highest BCUT2D eigenvalue weighted by Crippen LogP contribution is 2.46. The first-order valence-corrected chi connectivity index (χ1v) is 7.76. The Kier molecular flexibility index (Phi) is 3.21. The van der Waals surface area contributed by atoms with Gasteiger partial charge < -0.3 is 4.57 Å². The Morgan fingerprint density at radius 2 is 2.12 bits per heavy atom. The van der Waals surface area contributed by atoms with Gasteiger partial charge in [-0.15, -0.1) is 10.2 Å². The zero-order valence-electron chi connectivity index (χ0n) is 9.80. The number of aromatic nitrogens is 3. The van der Waals surface area contributed by atoms with Crippen LogP contribution in [-0.2, 0) is 0 Å². The van der Waals surface area contributed by atoms with Crippen molar-refractivity contribution in [2.75, 3.05) is 11.5 Å². The van der Waals surface area contributed by atoms with E-state index in [1.807, 2.05) is 0 Å². The van der Waals surface area contributed by atoms with Crippen LogP contribution in [-0.4, -0.2) is 26.3 Å². The summed E-state index contributed by atoms with van der Waals surface area (Å²) in [5.41, 5.74) is 1.15. The maximum Gasteiger partial charge on any atom is 0.191 e. The highest BCUT2D eigenvalue weighted by atomic mass is 32.2. The topological polar surface area (TPSA) is 30.7 Å². The highest BCUT2D eigenvalue weighted by Gasteiger charge is 2.36. The van der Waals surface area contributed by atoms with Crippen LogP contribution in [0.5, 0.6) is 0 Å². The molecule has 3 rings (SSSR count). The second-order valence-corrected chi connectivity index (χ2v) is 6.17. The zero-order chi connectivity index (χ0) is 11.8. The zero-order valence-corrected chi connectivity index (χ0v) is 11.5. The molecule has 1 heterocycles. The number of hydrogen-bond donors (Lipinski definition) is 1. The SMILES string of the molecule is C=C(CS)CSc1nnc(C2CC2)n1C1CC1. The molecule has 92 valence electrons. The Balaban J connectivity index is 1.76. The van der Waals surface area contributed by atoms with Gasteiger partial charge in [0, 0.05) is 23.5 Å². The van der Waals surface area contributed by atoms with E-state index in [0.717, 1.165) is 22.2 Å². The second-order valence-electron chi connectivity index (χ2n) is 4.91. The molecule has 1 aromatic rings. The third kappa shape index (κ3) is 2.55. The van der Waals surface area contributed by atoms with E-state index in [-0.39, 0.29) is 0 Å². The van der Waals surface area contributed by atoms with Gasteiger partial charge >= 0.3 is 0 Å². The molecule has 0 amide bonds. The average molecular weight is 267 g/mol. The van der Waals surface area contributed by atoms with Crippen LogP contribution in [0.3, 0.4) is 0 Å². The van der Waals surface area contributed by atoms with Gasteiger partial charge in [0.05, 0.1) is 0 Å². The predicted octanol–water partition coefficient (Wildman–Crippen LogP) is 3.07. The van der Waals surface area contributed by atoms with Gasteiger partial charge in [0.15, 0.2) is 5.16 Å². The van der Waals surface area contributed by atoms with Crippen molar-refractivity contribution in [2.45, 2.75) is 42.8 Å². The third-order valence-corrected chi connectivity index (χ3v) is 4.71. The molecule has 5 heteroatoms. The molecule has 0 unspecified atom stereocenters. The number of thiol groups is 1. The quantitative estimate of drug-likeness (QED) is 0.488. The summed E-state index contributed by atoms with van der Waals surface area (Å²) in [5, 5.41) is 9.82. The lowest BCUT2D eigenvalue weighted by molar-refractivity contribution is 0.627. The van der Waals surface area contributed by atoms with Crippen molar-refractivity contribution in [3.63, 3.8) is 0 Å². The summed E-state index contributed by atoms with van der Waals surface area (Å²) in [6, 6.07) is 0.673. The molecule has 0 bridgehead atoms. The Morgan fingerprint density at radius 3 is 2.71 bits per heavy atom. The fourth-order valence-electron chi connectivity index (χ4n) is 1.89. The Morgan fingerprint density at radius 1 is 1.35 bits per heavy atom. The van der Waals surface area contributed by atoms with Crippen molar-refractivity contribution in [2.24, 2.45) is 0 Å². The van der Waals surface area contributed by atoms with Gasteiger partial charge in [0.25, 0.3) is 0 Å². The van der Waals surface area contributed by atoms with Crippen LogP contribution in [0.15, 0.2) is 17.3 Å². The summed E-state index contributed by atoms with van der Waals surface area (Å²) in [6.07, 6.45) is 5.16.